The number of benzene rings is 1. The summed E-state index contributed by atoms with van der Waals surface area (Å²) in [7, 11) is 0. The predicted molar refractivity (Wildman–Crippen MR) is 119 cm³/mol. The lowest BCUT2D eigenvalue weighted by Gasteiger charge is -2.13. The molecule has 4 aromatic rings. The quantitative estimate of drug-likeness (QED) is 0.448. The van der Waals surface area contributed by atoms with Crippen LogP contribution in [-0.2, 0) is 25.8 Å². The summed E-state index contributed by atoms with van der Waals surface area (Å²) in [5.41, 5.74) is 2.74. The largest absolute Gasteiger partial charge is 0.369 e. The zero-order valence-electron chi connectivity index (χ0n) is 16.5. The van der Waals surface area contributed by atoms with Gasteiger partial charge in [-0.05, 0) is 43.2 Å². The van der Waals surface area contributed by atoms with Crippen LogP contribution in [0.2, 0.25) is 0 Å². The summed E-state index contributed by atoms with van der Waals surface area (Å²) in [6.45, 7) is 1.85. The number of hydrogen-bond acceptors (Lipinski definition) is 5. The Kier molecular flexibility index (Phi) is 5.26. The van der Waals surface area contributed by atoms with Gasteiger partial charge in [-0.1, -0.05) is 30.3 Å². The molecule has 0 spiro atoms. The molecule has 0 saturated heterocycles. The predicted octanol–water partition coefficient (Wildman–Crippen LogP) is 4.86. The van der Waals surface area contributed by atoms with Gasteiger partial charge in [0.05, 0.1) is 11.7 Å². The minimum atomic E-state index is 0.767. The molecule has 6 heteroatoms. The molecule has 1 aliphatic carbocycles. The molecule has 3 aromatic heterocycles. The topological polar surface area (TPSA) is 55.6 Å². The monoisotopic (exact) mass is 403 g/mol. The summed E-state index contributed by atoms with van der Waals surface area (Å²) in [5, 5.41) is 4.90. The van der Waals surface area contributed by atoms with E-state index >= 15 is 0 Å². The van der Waals surface area contributed by atoms with Gasteiger partial charge in [-0.25, -0.2) is 15.0 Å². The zero-order chi connectivity index (χ0) is 19.5. The third-order valence-electron chi connectivity index (χ3n) is 5.51. The van der Waals surface area contributed by atoms with Gasteiger partial charge in [-0.3, -0.25) is 0 Å². The smallest absolute Gasteiger partial charge is 0.138 e. The summed E-state index contributed by atoms with van der Waals surface area (Å²) in [6, 6.07) is 10.5. The first-order chi connectivity index (χ1) is 14.4. The molecule has 1 aliphatic rings. The van der Waals surface area contributed by atoms with E-state index in [-0.39, 0.29) is 0 Å². The highest BCUT2D eigenvalue weighted by Gasteiger charge is 2.21. The average molecular weight is 404 g/mol. The number of aryl methyl sites for hydroxylation is 3. The number of nitrogens with one attached hydrogen (secondary N) is 1. The lowest BCUT2D eigenvalue weighted by molar-refractivity contribution is 0.660. The maximum Gasteiger partial charge on any atom is 0.138 e. The number of nitrogens with zero attached hydrogens (tertiary/aromatic N) is 4. The number of fused-ring (bicyclic) bond motifs is 3. The normalized spacial score (nSPS) is 13.5. The minimum absolute atomic E-state index is 0.767. The Balaban J connectivity index is 1.42. The molecular weight excluding hydrogens is 378 g/mol. The van der Waals surface area contributed by atoms with E-state index in [1.165, 1.54) is 40.7 Å². The molecule has 0 aliphatic heterocycles. The van der Waals surface area contributed by atoms with Crippen molar-refractivity contribution in [3.05, 3.63) is 70.9 Å². The number of aromatic nitrogens is 4. The van der Waals surface area contributed by atoms with Crippen molar-refractivity contribution in [1.29, 1.82) is 0 Å². The Morgan fingerprint density at radius 2 is 1.97 bits per heavy atom. The van der Waals surface area contributed by atoms with Crippen molar-refractivity contribution >= 4 is 27.4 Å². The van der Waals surface area contributed by atoms with E-state index in [9.17, 15) is 0 Å². The summed E-state index contributed by atoms with van der Waals surface area (Å²) >= 11 is 1.87. The molecule has 0 bridgehead atoms. The van der Waals surface area contributed by atoms with Crippen molar-refractivity contribution in [2.24, 2.45) is 0 Å². The maximum absolute atomic E-state index is 4.98. The number of rotatable bonds is 7. The van der Waals surface area contributed by atoms with Crippen LogP contribution < -0.4 is 5.32 Å². The maximum atomic E-state index is 4.98. The van der Waals surface area contributed by atoms with Crippen LogP contribution >= 0.6 is 11.3 Å². The second-order valence-electron chi connectivity index (χ2n) is 7.62. The van der Waals surface area contributed by atoms with E-state index in [2.05, 4.69) is 39.1 Å². The summed E-state index contributed by atoms with van der Waals surface area (Å²) < 4.78 is 2.12. The van der Waals surface area contributed by atoms with Crippen LogP contribution in [0.15, 0.2) is 49.1 Å². The molecule has 0 fully saturated rings. The van der Waals surface area contributed by atoms with Gasteiger partial charge < -0.3 is 9.88 Å². The van der Waals surface area contributed by atoms with Crippen molar-refractivity contribution < 1.29 is 0 Å². The molecular formula is C23H25N5S. The molecule has 0 unspecified atom stereocenters. The lowest BCUT2D eigenvalue weighted by atomic mass is 9.97. The van der Waals surface area contributed by atoms with E-state index in [4.69, 9.17) is 9.97 Å². The fraction of sp³-hybridized carbons (Fsp3) is 0.348. The van der Waals surface area contributed by atoms with Gasteiger partial charge in [0.2, 0.25) is 0 Å². The van der Waals surface area contributed by atoms with Crippen LogP contribution in [0.3, 0.4) is 0 Å². The molecule has 3 heterocycles. The van der Waals surface area contributed by atoms with Crippen LogP contribution in [0.25, 0.3) is 10.2 Å². The van der Waals surface area contributed by atoms with Gasteiger partial charge >= 0.3 is 0 Å². The van der Waals surface area contributed by atoms with Crippen LogP contribution in [0.1, 0.15) is 41.1 Å². The molecule has 0 saturated carbocycles. The number of hydrogen-bond donors (Lipinski definition) is 1. The molecule has 1 aromatic carbocycles. The molecule has 0 radical (unpaired) electrons. The first-order valence-electron chi connectivity index (χ1n) is 10.4. The number of imidazole rings is 1. The third-order valence-corrected chi connectivity index (χ3v) is 6.70. The Bertz CT molecular complexity index is 1090. The van der Waals surface area contributed by atoms with Gasteiger partial charge in [-0.2, -0.15) is 0 Å². The Labute approximate surface area is 174 Å². The molecule has 0 atom stereocenters. The SMILES string of the molecule is c1ccc(Cc2nc(NCCCn3ccnc3)c3c4c(sc3n2)CCCC4)cc1. The standard InChI is InChI=1S/C23H25N5S/c1-2-7-17(8-3-1)15-20-26-22(25-11-6-13-28-14-12-24-16-28)21-18-9-4-5-10-19(18)29-23(21)27-20/h1-3,7-8,12,14,16H,4-6,9-11,13,15H2,(H,25,26,27). The van der Waals surface area contributed by atoms with Gasteiger partial charge in [-0.15, -0.1) is 11.3 Å². The van der Waals surface area contributed by atoms with Gasteiger partial charge in [0, 0.05) is 36.8 Å². The second-order valence-corrected chi connectivity index (χ2v) is 8.71. The highest BCUT2D eigenvalue weighted by molar-refractivity contribution is 7.19. The molecule has 148 valence electrons. The summed E-state index contributed by atoms with van der Waals surface area (Å²) in [6.07, 6.45) is 12.4. The summed E-state index contributed by atoms with van der Waals surface area (Å²) in [4.78, 5) is 16.7. The Morgan fingerprint density at radius 3 is 2.83 bits per heavy atom. The van der Waals surface area contributed by atoms with E-state index < -0.39 is 0 Å². The molecule has 29 heavy (non-hydrogen) atoms. The number of anilines is 1. The molecule has 0 amide bonds. The minimum Gasteiger partial charge on any atom is -0.369 e. The summed E-state index contributed by atoms with van der Waals surface area (Å²) in [5.74, 6) is 1.92. The third kappa shape index (κ3) is 4.03. The zero-order valence-corrected chi connectivity index (χ0v) is 17.3. The lowest BCUT2D eigenvalue weighted by Crippen LogP contribution is -2.10. The fourth-order valence-electron chi connectivity index (χ4n) is 4.07. The van der Waals surface area contributed by atoms with Crippen LogP contribution in [0, 0.1) is 0 Å². The van der Waals surface area contributed by atoms with Crippen molar-refractivity contribution in [2.75, 3.05) is 11.9 Å². The van der Waals surface area contributed by atoms with Crippen molar-refractivity contribution in [1.82, 2.24) is 19.5 Å². The molecule has 5 rings (SSSR count). The van der Waals surface area contributed by atoms with Crippen LogP contribution in [0.5, 0.6) is 0 Å². The van der Waals surface area contributed by atoms with Crippen molar-refractivity contribution in [3.63, 3.8) is 0 Å². The van der Waals surface area contributed by atoms with E-state index in [1.54, 1.807) is 0 Å². The van der Waals surface area contributed by atoms with Crippen LogP contribution in [-0.4, -0.2) is 26.1 Å². The highest BCUT2D eigenvalue weighted by Crippen LogP contribution is 2.38. The Hall–Kier alpha value is -2.73. The van der Waals surface area contributed by atoms with Gasteiger partial charge in [0.15, 0.2) is 0 Å². The highest BCUT2D eigenvalue weighted by atomic mass is 32.1. The Morgan fingerprint density at radius 1 is 1.07 bits per heavy atom. The first kappa shape index (κ1) is 18.3. The van der Waals surface area contributed by atoms with Crippen molar-refractivity contribution in [3.8, 4) is 0 Å². The first-order valence-corrected chi connectivity index (χ1v) is 11.2. The van der Waals surface area contributed by atoms with Gasteiger partial charge in [0.25, 0.3) is 0 Å². The van der Waals surface area contributed by atoms with Gasteiger partial charge in [0.1, 0.15) is 16.5 Å². The number of thiophene rings is 1. The molecule has 1 N–H and O–H groups in total. The van der Waals surface area contributed by atoms with Crippen molar-refractivity contribution in [2.45, 2.75) is 45.1 Å². The fourth-order valence-corrected chi connectivity index (χ4v) is 5.35. The van der Waals surface area contributed by atoms with E-state index in [0.29, 0.717) is 0 Å². The van der Waals surface area contributed by atoms with Crippen LogP contribution in [0.4, 0.5) is 5.82 Å². The van der Waals surface area contributed by atoms with E-state index in [1.807, 2.05) is 36.1 Å². The van der Waals surface area contributed by atoms with E-state index in [0.717, 1.165) is 48.8 Å². The average Bonchev–Trinajstić information content (AvgIpc) is 3.39. The second kappa shape index (κ2) is 8.33. The molecule has 5 nitrogen and oxygen atoms in total.